The molecule has 0 aromatic heterocycles. The summed E-state index contributed by atoms with van der Waals surface area (Å²) in [4.78, 5) is 22.5. The van der Waals surface area contributed by atoms with Crippen LogP contribution >= 0.6 is 0 Å². The van der Waals surface area contributed by atoms with Crippen molar-refractivity contribution in [1.29, 1.82) is 0 Å². The third kappa shape index (κ3) is 5.67. The van der Waals surface area contributed by atoms with Crippen molar-refractivity contribution in [3.8, 4) is 17.2 Å². The zero-order valence-electron chi connectivity index (χ0n) is 13.9. The lowest BCUT2D eigenvalue weighted by Crippen LogP contribution is -2.32. The van der Waals surface area contributed by atoms with E-state index in [1.807, 2.05) is 0 Å². The molecule has 2 rings (SSSR count). The van der Waals surface area contributed by atoms with Gasteiger partial charge >= 0.3 is 12.1 Å². The molecule has 0 aliphatic rings. The van der Waals surface area contributed by atoms with Crippen molar-refractivity contribution in [3.63, 3.8) is 0 Å². The second kappa shape index (κ2) is 8.72. The molecule has 0 aliphatic heterocycles. The van der Waals surface area contributed by atoms with E-state index in [0.717, 1.165) is 11.1 Å². The summed E-state index contributed by atoms with van der Waals surface area (Å²) >= 11 is 0. The van der Waals surface area contributed by atoms with Crippen molar-refractivity contribution in [2.75, 3.05) is 6.54 Å². The van der Waals surface area contributed by atoms with Crippen molar-refractivity contribution in [1.82, 2.24) is 5.32 Å². The van der Waals surface area contributed by atoms with Crippen LogP contribution in [0.3, 0.4) is 0 Å². The SMILES string of the molecule is N[C@@H](Cc1ccc(OC(=O)NCCc2ccc(O)c(O)c2)cc1)C(=O)O. The summed E-state index contributed by atoms with van der Waals surface area (Å²) in [7, 11) is 0. The van der Waals surface area contributed by atoms with E-state index in [0.29, 0.717) is 12.2 Å². The lowest BCUT2D eigenvalue weighted by Gasteiger charge is -2.09. The molecule has 1 amide bonds. The van der Waals surface area contributed by atoms with Crippen molar-refractivity contribution < 1.29 is 29.6 Å². The fourth-order valence-electron chi connectivity index (χ4n) is 2.21. The minimum absolute atomic E-state index is 0.182. The van der Waals surface area contributed by atoms with E-state index >= 15 is 0 Å². The van der Waals surface area contributed by atoms with E-state index in [4.69, 9.17) is 15.6 Å². The number of benzene rings is 2. The van der Waals surface area contributed by atoms with Gasteiger partial charge in [0.25, 0.3) is 0 Å². The highest BCUT2D eigenvalue weighted by Gasteiger charge is 2.12. The largest absolute Gasteiger partial charge is 0.504 e. The molecular formula is C18H20N2O6. The fourth-order valence-corrected chi connectivity index (χ4v) is 2.21. The van der Waals surface area contributed by atoms with Gasteiger partial charge in [0.05, 0.1) is 0 Å². The Morgan fingerprint density at radius 1 is 1.04 bits per heavy atom. The highest BCUT2D eigenvalue weighted by atomic mass is 16.6. The molecule has 2 aromatic carbocycles. The quantitative estimate of drug-likeness (QED) is 0.470. The van der Waals surface area contributed by atoms with Crippen molar-refractivity contribution in [3.05, 3.63) is 53.6 Å². The number of amides is 1. The predicted octanol–water partition coefficient (Wildman–Crippen LogP) is 1.38. The maximum Gasteiger partial charge on any atom is 0.412 e. The van der Waals surface area contributed by atoms with Crippen LogP contribution < -0.4 is 15.8 Å². The first-order valence-electron chi connectivity index (χ1n) is 7.89. The van der Waals surface area contributed by atoms with Crippen LogP contribution in [0.1, 0.15) is 11.1 Å². The standard InChI is InChI=1S/C18H20N2O6/c19-14(17(23)24)9-11-1-4-13(5-2-11)26-18(25)20-8-7-12-3-6-15(21)16(22)10-12/h1-6,10,14,21-22H,7-9,19H2,(H,20,25)(H,23,24)/t14-/m0/s1. The number of rotatable bonds is 7. The first kappa shape index (κ1) is 19.1. The van der Waals surface area contributed by atoms with Crippen molar-refractivity contribution in [2.24, 2.45) is 5.73 Å². The van der Waals surface area contributed by atoms with Crippen molar-refractivity contribution in [2.45, 2.75) is 18.9 Å². The number of hydrogen-bond acceptors (Lipinski definition) is 6. The van der Waals surface area contributed by atoms with Crippen LogP contribution in [0, 0.1) is 0 Å². The normalized spacial score (nSPS) is 11.6. The second-order valence-electron chi connectivity index (χ2n) is 5.68. The van der Waals surface area contributed by atoms with E-state index in [-0.39, 0.29) is 24.5 Å². The van der Waals surface area contributed by atoms with Gasteiger partial charge in [-0.05, 0) is 48.2 Å². The molecule has 0 saturated heterocycles. The number of phenols is 2. The molecule has 0 fully saturated rings. The van der Waals surface area contributed by atoms with Crippen molar-refractivity contribution >= 4 is 12.1 Å². The number of nitrogens with two attached hydrogens (primary N) is 1. The maximum absolute atomic E-state index is 11.8. The van der Waals surface area contributed by atoms with Crippen LogP contribution in [0.4, 0.5) is 4.79 Å². The van der Waals surface area contributed by atoms with Crippen LogP contribution in [0.2, 0.25) is 0 Å². The molecule has 0 saturated carbocycles. The van der Waals surface area contributed by atoms with E-state index in [2.05, 4.69) is 5.32 Å². The first-order valence-corrected chi connectivity index (χ1v) is 7.89. The van der Waals surface area contributed by atoms with Gasteiger partial charge in [0, 0.05) is 6.54 Å². The Morgan fingerprint density at radius 3 is 2.31 bits per heavy atom. The number of aromatic hydroxyl groups is 2. The summed E-state index contributed by atoms with van der Waals surface area (Å²) < 4.78 is 5.12. The van der Waals surface area contributed by atoms with E-state index < -0.39 is 18.1 Å². The number of phenolic OH excluding ortho intramolecular Hbond substituents is 2. The van der Waals surface area contributed by atoms with Gasteiger partial charge in [-0.25, -0.2) is 4.79 Å². The summed E-state index contributed by atoms with van der Waals surface area (Å²) in [6, 6.07) is 9.86. The van der Waals surface area contributed by atoms with Gasteiger partial charge in [-0.15, -0.1) is 0 Å². The molecule has 0 heterocycles. The fraction of sp³-hybridized carbons (Fsp3) is 0.222. The summed E-state index contributed by atoms with van der Waals surface area (Å²) in [6.07, 6.45) is -0.000964. The van der Waals surface area contributed by atoms with E-state index in [9.17, 15) is 19.8 Å². The third-order valence-electron chi connectivity index (χ3n) is 3.63. The summed E-state index contributed by atoms with van der Waals surface area (Å²) in [5.74, 6) is -1.18. The van der Waals surface area contributed by atoms with Crippen LogP contribution in [0.15, 0.2) is 42.5 Å². The maximum atomic E-state index is 11.8. The Bertz CT molecular complexity index is 776. The number of carboxylic acid groups (broad SMARTS) is 1. The van der Waals surface area contributed by atoms with Gasteiger partial charge in [0.1, 0.15) is 11.8 Å². The highest BCUT2D eigenvalue weighted by molar-refractivity contribution is 5.73. The van der Waals surface area contributed by atoms with E-state index in [1.165, 1.54) is 12.1 Å². The average Bonchev–Trinajstić information content (AvgIpc) is 2.59. The average molecular weight is 360 g/mol. The zero-order valence-corrected chi connectivity index (χ0v) is 13.9. The number of hydrogen-bond donors (Lipinski definition) is 5. The van der Waals surface area contributed by atoms with Gasteiger partial charge in [-0.2, -0.15) is 0 Å². The summed E-state index contributed by atoms with van der Waals surface area (Å²) in [5, 5.41) is 30.0. The summed E-state index contributed by atoms with van der Waals surface area (Å²) in [5.41, 5.74) is 6.94. The molecule has 0 aliphatic carbocycles. The van der Waals surface area contributed by atoms with Crippen LogP contribution in [-0.4, -0.2) is 40.0 Å². The molecule has 8 nitrogen and oxygen atoms in total. The second-order valence-corrected chi connectivity index (χ2v) is 5.68. The Balaban J connectivity index is 1.78. The van der Waals surface area contributed by atoms with Gasteiger partial charge < -0.3 is 31.1 Å². The number of carboxylic acids is 1. The molecule has 138 valence electrons. The van der Waals surface area contributed by atoms with Crippen LogP contribution in [-0.2, 0) is 17.6 Å². The van der Waals surface area contributed by atoms with Crippen LogP contribution in [0.5, 0.6) is 17.2 Å². The third-order valence-corrected chi connectivity index (χ3v) is 3.63. The van der Waals surface area contributed by atoms with Crippen LogP contribution in [0.25, 0.3) is 0 Å². The molecule has 0 radical (unpaired) electrons. The van der Waals surface area contributed by atoms with E-state index in [1.54, 1.807) is 30.3 Å². The Hall–Kier alpha value is -3.26. The molecule has 0 spiro atoms. The van der Waals surface area contributed by atoms with Gasteiger partial charge in [-0.3, -0.25) is 4.79 Å². The number of nitrogens with one attached hydrogen (secondary N) is 1. The lowest BCUT2D eigenvalue weighted by molar-refractivity contribution is -0.138. The zero-order chi connectivity index (χ0) is 19.1. The van der Waals surface area contributed by atoms with Gasteiger partial charge in [0.2, 0.25) is 0 Å². The Kier molecular flexibility index (Phi) is 6.40. The molecule has 8 heteroatoms. The monoisotopic (exact) mass is 360 g/mol. The topological polar surface area (TPSA) is 142 Å². The summed E-state index contributed by atoms with van der Waals surface area (Å²) in [6.45, 7) is 0.286. The number of aliphatic carboxylic acids is 1. The number of carbonyl (C=O) groups excluding carboxylic acids is 1. The minimum atomic E-state index is -1.08. The van der Waals surface area contributed by atoms with Gasteiger partial charge in [-0.1, -0.05) is 18.2 Å². The molecule has 2 aromatic rings. The number of carbonyl (C=O) groups is 2. The molecule has 0 unspecified atom stereocenters. The molecule has 6 N–H and O–H groups in total. The predicted molar refractivity (Wildman–Crippen MR) is 93.3 cm³/mol. The smallest absolute Gasteiger partial charge is 0.412 e. The molecular weight excluding hydrogens is 340 g/mol. The first-order chi connectivity index (χ1) is 12.3. The Morgan fingerprint density at radius 2 is 1.69 bits per heavy atom. The Labute approximate surface area is 149 Å². The minimum Gasteiger partial charge on any atom is -0.504 e. The molecule has 26 heavy (non-hydrogen) atoms. The number of ether oxygens (including phenoxy) is 1. The lowest BCUT2D eigenvalue weighted by atomic mass is 10.1. The molecule has 1 atom stereocenters. The highest BCUT2D eigenvalue weighted by Crippen LogP contribution is 2.24. The molecule has 0 bridgehead atoms. The van der Waals surface area contributed by atoms with Gasteiger partial charge in [0.15, 0.2) is 11.5 Å².